The maximum atomic E-state index is 2.53. The third-order valence-corrected chi connectivity index (χ3v) is 4.35. The van der Waals surface area contributed by atoms with Gasteiger partial charge in [0.25, 0.3) is 0 Å². The maximum Gasteiger partial charge on any atom is 0.0914 e. The standard InChI is InChI=1S/C15H17NS/c1-3-7-13(8-4-1)14-11-15(17-12-14)16-9-5-2-6-10-16/h1,3-4,7-8,11-12H,2,5-6,9-10H2. The van der Waals surface area contributed by atoms with Crippen LogP contribution in [0.15, 0.2) is 41.8 Å². The Hall–Kier alpha value is -1.28. The Kier molecular flexibility index (Phi) is 3.14. The van der Waals surface area contributed by atoms with E-state index in [1.54, 1.807) is 0 Å². The molecule has 0 radical (unpaired) electrons. The van der Waals surface area contributed by atoms with Gasteiger partial charge in [-0.25, -0.2) is 0 Å². The highest BCUT2D eigenvalue weighted by Crippen LogP contribution is 2.32. The number of anilines is 1. The van der Waals surface area contributed by atoms with Crippen molar-refractivity contribution in [2.45, 2.75) is 19.3 Å². The number of thiophene rings is 1. The molecule has 2 heterocycles. The SMILES string of the molecule is c1ccc(-c2csc(N3CCCCC3)c2)cc1. The molecule has 17 heavy (non-hydrogen) atoms. The quantitative estimate of drug-likeness (QED) is 0.755. The number of rotatable bonds is 2. The van der Waals surface area contributed by atoms with Crippen LogP contribution in [0.25, 0.3) is 11.1 Å². The average molecular weight is 243 g/mol. The van der Waals surface area contributed by atoms with E-state index in [9.17, 15) is 0 Å². The average Bonchev–Trinajstić information content (AvgIpc) is 2.90. The van der Waals surface area contributed by atoms with Crippen molar-refractivity contribution in [2.24, 2.45) is 0 Å². The minimum atomic E-state index is 1.23. The van der Waals surface area contributed by atoms with E-state index in [1.807, 2.05) is 11.3 Å². The van der Waals surface area contributed by atoms with Gasteiger partial charge in [0, 0.05) is 18.5 Å². The number of hydrogen-bond acceptors (Lipinski definition) is 2. The van der Waals surface area contributed by atoms with Gasteiger partial charge in [-0.2, -0.15) is 0 Å². The molecule has 2 heteroatoms. The Labute approximate surface area is 107 Å². The number of hydrogen-bond donors (Lipinski definition) is 0. The van der Waals surface area contributed by atoms with Crippen LogP contribution in [0.1, 0.15) is 19.3 Å². The van der Waals surface area contributed by atoms with Crippen LogP contribution in [-0.2, 0) is 0 Å². The van der Waals surface area contributed by atoms with Crippen molar-refractivity contribution in [3.63, 3.8) is 0 Å². The minimum absolute atomic E-state index is 1.23. The molecule has 0 aliphatic carbocycles. The Morgan fingerprint density at radius 1 is 0.882 bits per heavy atom. The van der Waals surface area contributed by atoms with Crippen LogP contribution in [0, 0.1) is 0 Å². The van der Waals surface area contributed by atoms with Gasteiger partial charge < -0.3 is 4.90 Å². The Bertz CT molecular complexity index is 469. The molecule has 0 atom stereocenters. The van der Waals surface area contributed by atoms with Crippen LogP contribution in [0.3, 0.4) is 0 Å². The predicted molar refractivity (Wildman–Crippen MR) is 75.8 cm³/mol. The van der Waals surface area contributed by atoms with Crippen LogP contribution in [0.5, 0.6) is 0 Å². The van der Waals surface area contributed by atoms with Gasteiger partial charge in [0.15, 0.2) is 0 Å². The summed E-state index contributed by atoms with van der Waals surface area (Å²) in [5.41, 5.74) is 2.68. The molecule has 2 aromatic rings. The van der Waals surface area contributed by atoms with Crippen molar-refractivity contribution in [2.75, 3.05) is 18.0 Å². The molecule has 0 bridgehead atoms. The van der Waals surface area contributed by atoms with E-state index in [1.165, 1.54) is 48.5 Å². The molecule has 0 N–H and O–H groups in total. The van der Waals surface area contributed by atoms with Gasteiger partial charge in [0.1, 0.15) is 0 Å². The lowest BCUT2D eigenvalue weighted by atomic mass is 10.1. The van der Waals surface area contributed by atoms with E-state index in [2.05, 4.69) is 46.7 Å². The fourth-order valence-corrected chi connectivity index (χ4v) is 3.37. The van der Waals surface area contributed by atoms with Crippen molar-refractivity contribution in [3.05, 3.63) is 41.8 Å². The van der Waals surface area contributed by atoms with E-state index in [0.717, 1.165) is 0 Å². The van der Waals surface area contributed by atoms with Crippen LogP contribution in [-0.4, -0.2) is 13.1 Å². The molecule has 1 nitrogen and oxygen atoms in total. The van der Waals surface area contributed by atoms with Gasteiger partial charge in [-0.15, -0.1) is 11.3 Å². The molecule has 1 aromatic heterocycles. The summed E-state index contributed by atoms with van der Waals surface area (Å²) in [6.45, 7) is 2.46. The first kappa shape index (κ1) is 10.8. The highest BCUT2D eigenvalue weighted by atomic mass is 32.1. The third kappa shape index (κ3) is 2.37. The Morgan fingerprint density at radius 2 is 1.65 bits per heavy atom. The molecule has 88 valence electrons. The molecule has 0 unspecified atom stereocenters. The predicted octanol–water partition coefficient (Wildman–Crippen LogP) is 4.41. The van der Waals surface area contributed by atoms with Crippen molar-refractivity contribution in [1.29, 1.82) is 0 Å². The highest BCUT2D eigenvalue weighted by Gasteiger charge is 2.13. The summed E-state index contributed by atoms with van der Waals surface area (Å²) in [5.74, 6) is 0. The lowest BCUT2D eigenvalue weighted by molar-refractivity contribution is 0.580. The van der Waals surface area contributed by atoms with Crippen LogP contribution >= 0.6 is 11.3 Å². The summed E-state index contributed by atoms with van der Waals surface area (Å²) in [5, 5.41) is 3.71. The molecule has 0 saturated carbocycles. The topological polar surface area (TPSA) is 3.24 Å². The molecule has 1 fully saturated rings. The largest absolute Gasteiger partial charge is 0.363 e. The Balaban J connectivity index is 1.83. The number of benzene rings is 1. The first-order chi connectivity index (χ1) is 8.43. The van der Waals surface area contributed by atoms with Crippen LogP contribution in [0.2, 0.25) is 0 Å². The second-order valence-electron chi connectivity index (χ2n) is 4.59. The summed E-state index contributed by atoms with van der Waals surface area (Å²) >= 11 is 1.88. The molecular weight excluding hydrogens is 226 g/mol. The van der Waals surface area contributed by atoms with E-state index < -0.39 is 0 Å². The smallest absolute Gasteiger partial charge is 0.0914 e. The zero-order valence-corrected chi connectivity index (χ0v) is 10.7. The van der Waals surface area contributed by atoms with E-state index >= 15 is 0 Å². The fourth-order valence-electron chi connectivity index (χ4n) is 2.39. The normalized spacial score (nSPS) is 16.1. The van der Waals surface area contributed by atoms with Crippen molar-refractivity contribution in [1.82, 2.24) is 0 Å². The fraction of sp³-hybridized carbons (Fsp3) is 0.333. The summed E-state index contributed by atoms with van der Waals surface area (Å²) in [6, 6.07) is 13.0. The molecule has 1 saturated heterocycles. The summed E-state index contributed by atoms with van der Waals surface area (Å²) < 4.78 is 0. The van der Waals surface area contributed by atoms with Crippen molar-refractivity contribution >= 4 is 16.3 Å². The van der Waals surface area contributed by atoms with Gasteiger partial charge in [-0.3, -0.25) is 0 Å². The lowest BCUT2D eigenvalue weighted by Gasteiger charge is -2.27. The number of piperidine rings is 1. The van der Waals surface area contributed by atoms with Crippen LogP contribution < -0.4 is 4.90 Å². The molecular formula is C15H17NS. The third-order valence-electron chi connectivity index (χ3n) is 3.36. The summed E-state index contributed by atoms with van der Waals surface area (Å²) in [4.78, 5) is 2.53. The maximum absolute atomic E-state index is 2.53. The van der Waals surface area contributed by atoms with Gasteiger partial charge in [0.05, 0.1) is 5.00 Å². The minimum Gasteiger partial charge on any atom is -0.363 e. The second-order valence-corrected chi connectivity index (χ2v) is 5.48. The van der Waals surface area contributed by atoms with Gasteiger partial charge in [0.2, 0.25) is 0 Å². The van der Waals surface area contributed by atoms with Crippen molar-refractivity contribution in [3.8, 4) is 11.1 Å². The highest BCUT2D eigenvalue weighted by molar-refractivity contribution is 7.14. The Morgan fingerprint density at radius 3 is 2.41 bits per heavy atom. The zero-order valence-electron chi connectivity index (χ0n) is 9.93. The monoisotopic (exact) mass is 243 g/mol. The van der Waals surface area contributed by atoms with Gasteiger partial charge in [-0.1, -0.05) is 30.3 Å². The molecule has 0 spiro atoms. The molecule has 3 rings (SSSR count). The van der Waals surface area contributed by atoms with E-state index in [0.29, 0.717) is 0 Å². The first-order valence-electron chi connectivity index (χ1n) is 6.32. The van der Waals surface area contributed by atoms with Gasteiger partial charge >= 0.3 is 0 Å². The zero-order chi connectivity index (χ0) is 11.5. The molecule has 1 aliphatic rings. The first-order valence-corrected chi connectivity index (χ1v) is 7.20. The van der Waals surface area contributed by atoms with E-state index in [-0.39, 0.29) is 0 Å². The number of nitrogens with zero attached hydrogens (tertiary/aromatic N) is 1. The second kappa shape index (κ2) is 4.92. The molecule has 1 aliphatic heterocycles. The van der Waals surface area contributed by atoms with Crippen molar-refractivity contribution < 1.29 is 0 Å². The molecule has 0 amide bonds. The lowest BCUT2D eigenvalue weighted by Crippen LogP contribution is -2.28. The summed E-state index contributed by atoms with van der Waals surface area (Å²) in [7, 11) is 0. The van der Waals surface area contributed by atoms with E-state index in [4.69, 9.17) is 0 Å². The van der Waals surface area contributed by atoms with Crippen LogP contribution in [0.4, 0.5) is 5.00 Å². The summed E-state index contributed by atoms with van der Waals surface area (Å²) in [6.07, 6.45) is 4.09. The molecule has 1 aromatic carbocycles. The van der Waals surface area contributed by atoms with Gasteiger partial charge in [-0.05, 0) is 36.5 Å².